The summed E-state index contributed by atoms with van der Waals surface area (Å²) in [5, 5.41) is 17.2. The van der Waals surface area contributed by atoms with Crippen LogP contribution in [0.5, 0.6) is 0 Å². The van der Waals surface area contributed by atoms with Crippen LogP contribution in [-0.2, 0) is 6.54 Å². The lowest BCUT2D eigenvalue weighted by Gasteiger charge is -1.98. The van der Waals surface area contributed by atoms with E-state index in [4.69, 9.17) is 5.11 Å². The number of aromatic nitrogens is 3. The molecule has 17 heavy (non-hydrogen) atoms. The van der Waals surface area contributed by atoms with E-state index >= 15 is 0 Å². The number of aromatic carboxylic acids is 1. The van der Waals surface area contributed by atoms with Crippen LogP contribution in [0.4, 0.5) is 0 Å². The number of hydrogen-bond acceptors (Lipinski definition) is 3. The lowest BCUT2D eigenvalue weighted by atomic mass is 10.1. The van der Waals surface area contributed by atoms with Crippen LogP contribution in [0.25, 0.3) is 11.3 Å². The SMILES string of the molecule is CCn1nc(C(=O)O)c(-c2ccc(C)cc2)n1. The molecule has 1 heterocycles. The highest BCUT2D eigenvalue weighted by atomic mass is 16.4. The summed E-state index contributed by atoms with van der Waals surface area (Å²) in [6.07, 6.45) is 0. The number of aryl methyl sites for hydroxylation is 2. The Bertz CT molecular complexity index is 543. The van der Waals surface area contributed by atoms with Crippen molar-refractivity contribution in [3.8, 4) is 11.3 Å². The van der Waals surface area contributed by atoms with Crippen molar-refractivity contribution < 1.29 is 9.90 Å². The first-order chi connectivity index (χ1) is 8.11. The Hall–Kier alpha value is -2.17. The smallest absolute Gasteiger partial charge is 0.358 e. The highest BCUT2D eigenvalue weighted by Crippen LogP contribution is 2.20. The summed E-state index contributed by atoms with van der Waals surface area (Å²) in [5.74, 6) is -1.06. The Morgan fingerprint density at radius 3 is 2.47 bits per heavy atom. The van der Waals surface area contributed by atoms with E-state index in [-0.39, 0.29) is 5.69 Å². The van der Waals surface area contributed by atoms with Crippen molar-refractivity contribution in [3.63, 3.8) is 0 Å². The van der Waals surface area contributed by atoms with Crippen molar-refractivity contribution in [1.29, 1.82) is 0 Å². The first-order valence-electron chi connectivity index (χ1n) is 5.37. The maximum atomic E-state index is 11.1. The molecule has 0 saturated heterocycles. The topological polar surface area (TPSA) is 68.0 Å². The van der Waals surface area contributed by atoms with Gasteiger partial charge in [0.15, 0.2) is 5.69 Å². The zero-order chi connectivity index (χ0) is 12.4. The van der Waals surface area contributed by atoms with Crippen molar-refractivity contribution in [3.05, 3.63) is 35.5 Å². The fraction of sp³-hybridized carbons (Fsp3) is 0.250. The number of benzene rings is 1. The molecule has 0 bridgehead atoms. The molecule has 0 atom stereocenters. The third-order valence-electron chi connectivity index (χ3n) is 2.47. The molecule has 0 spiro atoms. The predicted octanol–water partition coefficient (Wildman–Crippen LogP) is 1.97. The van der Waals surface area contributed by atoms with Gasteiger partial charge in [0.1, 0.15) is 5.69 Å². The Morgan fingerprint density at radius 2 is 1.94 bits per heavy atom. The van der Waals surface area contributed by atoms with E-state index in [9.17, 15) is 4.79 Å². The molecule has 2 aromatic rings. The largest absolute Gasteiger partial charge is 0.476 e. The standard InChI is InChI=1S/C12H13N3O2/c1-3-15-13-10(11(14-15)12(16)17)9-6-4-8(2)5-7-9/h4-7H,3H2,1-2H3,(H,16,17). The Balaban J connectivity index is 2.53. The number of carboxylic acid groups (broad SMARTS) is 1. The lowest BCUT2D eigenvalue weighted by Crippen LogP contribution is -2.02. The summed E-state index contributed by atoms with van der Waals surface area (Å²) in [6, 6.07) is 7.55. The maximum Gasteiger partial charge on any atom is 0.358 e. The molecule has 5 heteroatoms. The minimum absolute atomic E-state index is 0.00398. The average Bonchev–Trinajstić information content (AvgIpc) is 2.74. The van der Waals surface area contributed by atoms with Gasteiger partial charge < -0.3 is 5.11 Å². The van der Waals surface area contributed by atoms with Crippen LogP contribution in [-0.4, -0.2) is 26.1 Å². The third-order valence-corrected chi connectivity index (χ3v) is 2.47. The van der Waals surface area contributed by atoms with Gasteiger partial charge in [-0.05, 0) is 13.8 Å². The molecule has 0 radical (unpaired) electrons. The molecule has 1 aromatic heterocycles. The Kier molecular flexibility index (Phi) is 2.91. The lowest BCUT2D eigenvalue weighted by molar-refractivity contribution is 0.0690. The molecule has 0 aliphatic heterocycles. The molecule has 1 N–H and O–H groups in total. The van der Waals surface area contributed by atoms with Crippen LogP contribution in [0.3, 0.4) is 0 Å². The van der Waals surface area contributed by atoms with Gasteiger partial charge in [0, 0.05) is 5.56 Å². The second-order valence-electron chi connectivity index (χ2n) is 3.76. The van der Waals surface area contributed by atoms with Crippen LogP contribution < -0.4 is 0 Å². The van der Waals surface area contributed by atoms with Crippen LogP contribution in [0.2, 0.25) is 0 Å². The van der Waals surface area contributed by atoms with Crippen molar-refractivity contribution in [2.24, 2.45) is 0 Å². The van der Waals surface area contributed by atoms with Crippen molar-refractivity contribution in [2.75, 3.05) is 0 Å². The van der Waals surface area contributed by atoms with Gasteiger partial charge in [-0.1, -0.05) is 29.8 Å². The summed E-state index contributed by atoms with van der Waals surface area (Å²) in [6.45, 7) is 4.39. The summed E-state index contributed by atoms with van der Waals surface area (Å²) < 4.78 is 0. The van der Waals surface area contributed by atoms with Gasteiger partial charge in [-0.2, -0.15) is 9.90 Å². The molecule has 0 unspecified atom stereocenters. The normalized spacial score (nSPS) is 10.5. The van der Waals surface area contributed by atoms with Gasteiger partial charge >= 0.3 is 5.97 Å². The van der Waals surface area contributed by atoms with Crippen LogP contribution in [0.15, 0.2) is 24.3 Å². The predicted molar refractivity (Wildman–Crippen MR) is 62.8 cm³/mol. The van der Waals surface area contributed by atoms with Crippen molar-refractivity contribution in [1.82, 2.24) is 15.0 Å². The van der Waals surface area contributed by atoms with E-state index in [0.29, 0.717) is 12.2 Å². The zero-order valence-corrected chi connectivity index (χ0v) is 9.71. The molecular weight excluding hydrogens is 218 g/mol. The molecule has 0 aliphatic carbocycles. The summed E-state index contributed by atoms with van der Waals surface area (Å²) in [4.78, 5) is 12.5. The van der Waals surface area contributed by atoms with Crippen LogP contribution >= 0.6 is 0 Å². The molecule has 2 rings (SSSR count). The number of nitrogens with zero attached hydrogens (tertiary/aromatic N) is 3. The monoisotopic (exact) mass is 231 g/mol. The van der Waals surface area contributed by atoms with Gasteiger partial charge in [-0.25, -0.2) is 4.79 Å². The highest BCUT2D eigenvalue weighted by molar-refractivity contribution is 5.92. The number of carbonyl (C=O) groups is 1. The van der Waals surface area contributed by atoms with Gasteiger partial charge in [0.25, 0.3) is 0 Å². The minimum atomic E-state index is -1.06. The average molecular weight is 231 g/mol. The van der Waals surface area contributed by atoms with E-state index in [1.54, 1.807) is 0 Å². The van der Waals surface area contributed by atoms with E-state index in [1.807, 2.05) is 38.1 Å². The number of carboxylic acids is 1. The van der Waals surface area contributed by atoms with E-state index in [2.05, 4.69) is 10.2 Å². The fourth-order valence-corrected chi connectivity index (χ4v) is 1.54. The zero-order valence-electron chi connectivity index (χ0n) is 9.71. The Labute approximate surface area is 98.7 Å². The second-order valence-corrected chi connectivity index (χ2v) is 3.76. The van der Waals surface area contributed by atoms with Crippen LogP contribution in [0, 0.1) is 6.92 Å². The highest BCUT2D eigenvalue weighted by Gasteiger charge is 2.18. The van der Waals surface area contributed by atoms with E-state index in [0.717, 1.165) is 11.1 Å². The molecule has 5 nitrogen and oxygen atoms in total. The van der Waals surface area contributed by atoms with Gasteiger partial charge in [0.05, 0.1) is 6.54 Å². The fourth-order valence-electron chi connectivity index (χ4n) is 1.54. The van der Waals surface area contributed by atoms with Crippen molar-refractivity contribution in [2.45, 2.75) is 20.4 Å². The quantitative estimate of drug-likeness (QED) is 0.876. The third kappa shape index (κ3) is 2.18. The molecule has 0 amide bonds. The van der Waals surface area contributed by atoms with Gasteiger partial charge in [-0.3, -0.25) is 0 Å². The molecule has 1 aromatic carbocycles. The molecule has 0 fully saturated rings. The molecular formula is C12H13N3O2. The number of hydrogen-bond donors (Lipinski definition) is 1. The summed E-state index contributed by atoms with van der Waals surface area (Å²) >= 11 is 0. The molecule has 0 aliphatic rings. The second kappa shape index (κ2) is 4.37. The van der Waals surface area contributed by atoms with Crippen LogP contribution in [0.1, 0.15) is 23.0 Å². The van der Waals surface area contributed by atoms with Gasteiger partial charge in [0.2, 0.25) is 0 Å². The van der Waals surface area contributed by atoms with Crippen molar-refractivity contribution >= 4 is 5.97 Å². The molecule has 0 saturated carbocycles. The van der Waals surface area contributed by atoms with Gasteiger partial charge in [-0.15, -0.1) is 5.10 Å². The molecule has 88 valence electrons. The Morgan fingerprint density at radius 1 is 1.29 bits per heavy atom. The first-order valence-corrected chi connectivity index (χ1v) is 5.37. The maximum absolute atomic E-state index is 11.1. The van der Waals surface area contributed by atoms with E-state index < -0.39 is 5.97 Å². The summed E-state index contributed by atoms with van der Waals surface area (Å²) in [7, 11) is 0. The minimum Gasteiger partial charge on any atom is -0.476 e. The van der Waals surface area contributed by atoms with E-state index in [1.165, 1.54) is 4.80 Å². The first kappa shape index (κ1) is 11.3. The number of rotatable bonds is 3. The summed E-state index contributed by atoms with van der Waals surface area (Å²) in [5.41, 5.74) is 2.30.